The molecule has 1 aromatic rings. The molecule has 20 heavy (non-hydrogen) atoms. The van der Waals surface area contributed by atoms with Crippen molar-refractivity contribution in [2.45, 2.75) is 37.8 Å². The minimum atomic E-state index is 0.0432. The van der Waals surface area contributed by atoms with Crippen LogP contribution >= 0.6 is 15.9 Å². The SMILES string of the molecule is CC(N)c1cc(Br)ccc1N(C)CC1(N(C)C)CCC1. The Hall–Kier alpha value is -0.580. The molecule has 1 unspecified atom stereocenters. The lowest BCUT2D eigenvalue weighted by molar-refractivity contribution is 0.0683. The highest BCUT2D eigenvalue weighted by Crippen LogP contribution is 2.38. The number of rotatable bonds is 5. The Balaban J connectivity index is 2.23. The molecule has 1 aliphatic rings. The fraction of sp³-hybridized carbons (Fsp3) is 0.625. The number of benzene rings is 1. The molecule has 2 N–H and O–H groups in total. The molecule has 0 amide bonds. The van der Waals surface area contributed by atoms with E-state index in [0.29, 0.717) is 5.54 Å². The first-order valence-corrected chi connectivity index (χ1v) is 8.09. The lowest BCUT2D eigenvalue weighted by Crippen LogP contribution is -2.56. The van der Waals surface area contributed by atoms with Crippen molar-refractivity contribution in [1.29, 1.82) is 0 Å². The second kappa shape index (κ2) is 6.04. The van der Waals surface area contributed by atoms with Crippen molar-refractivity contribution in [3.05, 3.63) is 28.2 Å². The number of halogens is 1. The zero-order valence-corrected chi connectivity index (χ0v) is 14.6. The normalized spacial score (nSPS) is 18.8. The lowest BCUT2D eigenvalue weighted by Gasteiger charge is -2.49. The van der Waals surface area contributed by atoms with E-state index < -0.39 is 0 Å². The van der Waals surface area contributed by atoms with Crippen molar-refractivity contribution in [1.82, 2.24) is 4.90 Å². The van der Waals surface area contributed by atoms with Gasteiger partial charge >= 0.3 is 0 Å². The molecule has 1 fully saturated rings. The molecule has 4 heteroatoms. The summed E-state index contributed by atoms with van der Waals surface area (Å²) in [6.07, 6.45) is 3.91. The molecule has 0 aromatic heterocycles. The Kier molecular flexibility index (Phi) is 4.77. The van der Waals surface area contributed by atoms with E-state index in [1.165, 1.54) is 30.5 Å². The molecule has 0 bridgehead atoms. The monoisotopic (exact) mass is 339 g/mol. The van der Waals surface area contributed by atoms with E-state index in [9.17, 15) is 0 Å². The maximum absolute atomic E-state index is 6.13. The number of hydrogen-bond donors (Lipinski definition) is 1. The topological polar surface area (TPSA) is 32.5 Å². The highest BCUT2D eigenvalue weighted by molar-refractivity contribution is 9.10. The Bertz CT molecular complexity index is 467. The summed E-state index contributed by atoms with van der Waals surface area (Å²) in [5.74, 6) is 0. The van der Waals surface area contributed by atoms with Crippen LogP contribution in [0.2, 0.25) is 0 Å². The van der Waals surface area contributed by atoms with E-state index in [2.05, 4.69) is 65.1 Å². The molecule has 0 heterocycles. The predicted octanol–water partition coefficient (Wildman–Crippen LogP) is 3.39. The largest absolute Gasteiger partial charge is 0.372 e. The minimum Gasteiger partial charge on any atom is -0.372 e. The van der Waals surface area contributed by atoms with Crippen LogP contribution in [0.1, 0.15) is 37.8 Å². The quantitative estimate of drug-likeness (QED) is 0.892. The van der Waals surface area contributed by atoms with Gasteiger partial charge in [-0.2, -0.15) is 0 Å². The van der Waals surface area contributed by atoms with Gasteiger partial charge in [0.05, 0.1) is 0 Å². The van der Waals surface area contributed by atoms with Crippen LogP contribution in [-0.4, -0.2) is 38.1 Å². The summed E-state index contributed by atoms with van der Waals surface area (Å²) < 4.78 is 1.09. The fourth-order valence-corrected chi connectivity index (χ4v) is 3.47. The number of nitrogens with zero attached hydrogens (tertiary/aromatic N) is 2. The van der Waals surface area contributed by atoms with E-state index in [1.54, 1.807) is 0 Å². The van der Waals surface area contributed by atoms with Gasteiger partial charge < -0.3 is 15.5 Å². The Morgan fingerprint density at radius 3 is 2.40 bits per heavy atom. The first-order chi connectivity index (χ1) is 9.35. The summed E-state index contributed by atoms with van der Waals surface area (Å²) in [7, 11) is 6.57. The molecule has 2 rings (SSSR count). The molecule has 112 valence electrons. The van der Waals surface area contributed by atoms with Gasteiger partial charge in [0.2, 0.25) is 0 Å². The van der Waals surface area contributed by atoms with Crippen molar-refractivity contribution in [2.24, 2.45) is 5.73 Å². The molecule has 0 spiro atoms. The van der Waals surface area contributed by atoms with Crippen LogP contribution in [0, 0.1) is 0 Å². The standard InChI is InChI=1S/C16H26BrN3/c1-12(18)14-10-13(17)6-7-15(14)20(4)11-16(19(2)3)8-5-9-16/h6-7,10,12H,5,8-9,11,18H2,1-4H3. The third kappa shape index (κ3) is 3.02. The molecule has 1 atom stereocenters. The zero-order chi connectivity index (χ0) is 14.9. The molecular formula is C16H26BrN3. The Morgan fingerprint density at radius 2 is 1.95 bits per heavy atom. The fourth-order valence-electron chi connectivity index (χ4n) is 3.10. The van der Waals surface area contributed by atoms with Gasteiger partial charge in [-0.1, -0.05) is 15.9 Å². The molecule has 0 radical (unpaired) electrons. The third-order valence-corrected chi connectivity index (χ3v) is 5.15. The molecular weight excluding hydrogens is 314 g/mol. The summed E-state index contributed by atoms with van der Waals surface area (Å²) in [5.41, 5.74) is 8.91. The summed E-state index contributed by atoms with van der Waals surface area (Å²) in [6.45, 7) is 3.10. The average molecular weight is 340 g/mol. The smallest absolute Gasteiger partial charge is 0.0413 e. The van der Waals surface area contributed by atoms with Crippen LogP contribution in [0.4, 0.5) is 5.69 Å². The van der Waals surface area contributed by atoms with Gasteiger partial charge in [-0.25, -0.2) is 0 Å². The van der Waals surface area contributed by atoms with Crippen molar-refractivity contribution in [2.75, 3.05) is 32.6 Å². The first-order valence-electron chi connectivity index (χ1n) is 7.29. The summed E-state index contributed by atoms with van der Waals surface area (Å²) in [4.78, 5) is 4.75. The second-order valence-corrected chi connectivity index (χ2v) is 7.24. The molecule has 0 saturated heterocycles. The maximum atomic E-state index is 6.13. The average Bonchev–Trinajstić information content (AvgIpc) is 2.32. The molecule has 1 saturated carbocycles. The van der Waals surface area contributed by atoms with E-state index in [4.69, 9.17) is 5.73 Å². The van der Waals surface area contributed by atoms with Gasteiger partial charge in [-0.05, 0) is 64.0 Å². The number of nitrogens with two attached hydrogens (primary N) is 1. The van der Waals surface area contributed by atoms with E-state index in [1.807, 2.05) is 6.92 Å². The summed E-state index contributed by atoms with van der Waals surface area (Å²) >= 11 is 3.54. The Morgan fingerprint density at radius 1 is 1.30 bits per heavy atom. The van der Waals surface area contributed by atoms with Crippen molar-refractivity contribution in [3.63, 3.8) is 0 Å². The first kappa shape index (κ1) is 15.8. The van der Waals surface area contributed by atoms with Crippen molar-refractivity contribution in [3.8, 4) is 0 Å². The number of hydrogen-bond acceptors (Lipinski definition) is 3. The number of likely N-dealkylation sites (N-methyl/N-ethyl adjacent to an activating group) is 2. The zero-order valence-electron chi connectivity index (χ0n) is 13.0. The van der Waals surface area contributed by atoms with E-state index in [-0.39, 0.29) is 6.04 Å². The predicted molar refractivity (Wildman–Crippen MR) is 90.3 cm³/mol. The highest BCUT2D eigenvalue weighted by Gasteiger charge is 2.40. The van der Waals surface area contributed by atoms with Crippen molar-refractivity contribution < 1.29 is 0 Å². The lowest BCUT2D eigenvalue weighted by atomic mass is 9.75. The van der Waals surface area contributed by atoms with Gasteiger partial charge in [0.1, 0.15) is 0 Å². The van der Waals surface area contributed by atoms with Gasteiger partial charge in [-0.15, -0.1) is 0 Å². The molecule has 0 aliphatic heterocycles. The molecule has 1 aromatic carbocycles. The second-order valence-electron chi connectivity index (χ2n) is 6.32. The minimum absolute atomic E-state index is 0.0432. The van der Waals surface area contributed by atoms with Crippen LogP contribution in [0.15, 0.2) is 22.7 Å². The van der Waals surface area contributed by atoms with Crippen LogP contribution in [0.25, 0.3) is 0 Å². The third-order valence-electron chi connectivity index (χ3n) is 4.66. The van der Waals surface area contributed by atoms with Crippen LogP contribution in [-0.2, 0) is 0 Å². The van der Waals surface area contributed by atoms with Gasteiger partial charge in [0.25, 0.3) is 0 Å². The summed E-state index contributed by atoms with van der Waals surface area (Å²) in [6, 6.07) is 6.45. The van der Waals surface area contributed by atoms with Crippen LogP contribution < -0.4 is 10.6 Å². The molecule has 1 aliphatic carbocycles. The highest BCUT2D eigenvalue weighted by atomic mass is 79.9. The van der Waals surface area contributed by atoms with E-state index >= 15 is 0 Å². The van der Waals surface area contributed by atoms with E-state index in [0.717, 1.165) is 11.0 Å². The number of anilines is 1. The van der Waals surface area contributed by atoms with Gasteiger partial charge in [0.15, 0.2) is 0 Å². The van der Waals surface area contributed by atoms with Crippen LogP contribution in [0.5, 0.6) is 0 Å². The van der Waals surface area contributed by atoms with Crippen LogP contribution in [0.3, 0.4) is 0 Å². The maximum Gasteiger partial charge on any atom is 0.0413 e. The van der Waals surface area contributed by atoms with Crippen molar-refractivity contribution >= 4 is 21.6 Å². The van der Waals surface area contributed by atoms with Gasteiger partial charge in [0, 0.05) is 35.3 Å². The molecule has 3 nitrogen and oxygen atoms in total. The van der Waals surface area contributed by atoms with Gasteiger partial charge in [-0.3, -0.25) is 0 Å². The Labute approximate surface area is 131 Å². The summed E-state index contributed by atoms with van der Waals surface area (Å²) in [5, 5.41) is 0.